The van der Waals surface area contributed by atoms with E-state index in [4.69, 9.17) is 11.6 Å². The molecule has 0 unspecified atom stereocenters. The first-order chi connectivity index (χ1) is 18.5. The Balaban J connectivity index is 1.55. The van der Waals surface area contributed by atoms with Crippen LogP contribution in [0.4, 0.5) is 25.8 Å². The van der Waals surface area contributed by atoms with Gasteiger partial charge in [0.2, 0.25) is 5.91 Å². The van der Waals surface area contributed by atoms with Crippen LogP contribution in [0, 0.1) is 0 Å². The van der Waals surface area contributed by atoms with Gasteiger partial charge in [-0.05, 0) is 68.7 Å². The third-order valence-corrected chi connectivity index (χ3v) is 6.50. The molecule has 202 valence electrons. The minimum atomic E-state index is -3.78. The number of ether oxygens (including phenoxy) is 2. The van der Waals surface area contributed by atoms with Gasteiger partial charge in [0.15, 0.2) is 11.5 Å². The number of amides is 2. The highest BCUT2D eigenvalue weighted by molar-refractivity contribution is 6.38. The number of rotatable bonds is 7. The molecule has 5 rings (SSSR count). The highest BCUT2D eigenvalue weighted by Gasteiger charge is 2.43. The van der Waals surface area contributed by atoms with E-state index < -0.39 is 6.29 Å². The van der Waals surface area contributed by atoms with Gasteiger partial charge in [0.05, 0.1) is 17.0 Å². The lowest BCUT2D eigenvalue weighted by Crippen LogP contribution is -2.35. The van der Waals surface area contributed by atoms with E-state index in [0.717, 1.165) is 0 Å². The molecule has 2 aliphatic rings. The van der Waals surface area contributed by atoms with Crippen molar-refractivity contribution in [2.75, 3.05) is 42.7 Å². The molecule has 0 saturated heterocycles. The van der Waals surface area contributed by atoms with Gasteiger partial charge in [0.1, 0.15) is 0 Å². The third kappa shape index (κ3) is 5.52. The van der Waals surface area contributed by atoms with Gasteiger partial charge in [-0.2, -0.15) is 0 Å². The maximum atomic E-state index is 13.7. The fraction of sp³-hybridized carbons (Fsp3) is 0.214. The zero-order valence-corrected chi connectivity index (χ0v) is 22.1. The molecule has 8 nitrogen and oxygen atoms in total. The van der Waals surface area contributed by atoms with E-state index in [2.05, 4.69) is 20.1 Å². The second-order valence-corrected chi connectivity index (χ2v) is 9.81. The summed E-state index contributed by atoms with van der Waals surface area (Å²) in [6.07, 6.45) is -3.78. The molecule has 2 heterocycles. The Labute approximate surface area is 228 Å². The first kappa shape index (κ1) is 26.5. The third-order valence-electron chi connectivity index (χ3n) is 6.27. The Morgan fingerprint density at radius 2 is 1.72 bits per heavy atom. The van der Waals surface area contributed by atoms with Gasteiger partial charge in [-0.1, -0.05) is 17.7 Å². The van der Waals surface area contributed by atoms with Crippen LogP contribution in [0.5, 0.6) is 11.5 Å². The fourth-order valence-corrected chi connectivity index (χ4v) is 4.59. The van der Waals surface area contributed by atoms with Crippen LogP contribution in [0.25, 0.3) is 11.3 Å². The number of fused-ring (bicyclic) bond motifs is 2. The highest BCUT2D eigenvalue weighted by Crippen LogP contribution is 2.44. The lowest BCUT2D eigenvalue weighted by atomic mass is 9.99. The second kappa shape index (κ2) is 10.2. The normalized spacial score (nSPS) is 16.1. The van der Waals surface area contributed by atoms with Crippen LogP contribution in [0.15, 0.2) is 60.7 Å². The summed E-state index contributed by atoms with van der Waals surface area (Å²) in [5.41, 5.74) is 3.53. The second-order valence-electron chi connectivity index (χ2n) is 9.37. The summed E-state index contributed by atoms with van der Waals surface area (Å²) in [5, 5.41) is 6.53. The van der Waals surface area contributed by atoms with Crippen LogP contribution in [0.2, 0.25) is 5.02 Å². The van der Waals surface area contributed by atoms with Crippen molar-refractivity contribution in [2.24, 2.45) is 0 Å². The number of hydrogen-bond donors (Lipinski definition) is 2. The SMILES string of the molecule is CC(=O)N(CCN(C)C)c1ccc(NC(=C2C(=O)Nc3cc(Cl)ccc32)c2ccc3c(c2)OC(F)(F)O3)cc1. The number of halogens is 3. The lowest BCUT2D eigenvalue weighted by Gasteiger charge is -2.23. The Morgan fingerprint density at radius 1 is 1.00 bits per heavy atom. The molecule has 0 spiro atoms. The minimum Gasteiger partial charge on any atom is -0.395 e. The molecular weight excluding hydrogens is 530 g/mol. The van der Waals surface area contributed by atoms with Crippen LogP contribution in [-0.4, -0.2) is 50.2 Å². The summed E-state index contributed by atoms with van der Waals surface area (Å²) in [6, 6.07) is 16.5. The van der Waals surface area contributed by atoms with Crippen molar-refractivity contribution in [2.45, 2.75) is 13.2 Å². The van der Waals surface area contributed by atoms with Gasteiger partial charge in [0, 0.05) is 47.5 Å². The molecular formula is C28H25ClF2N4O4. The standard InChI is InChI=1S/C28H25ClF2N4O4/c1-16(36)35(13-12-34(2)3)20-8-6-19(7-9-20)32-26(17-4-11-23-24(14-17)39-28(30,31)38-23)25-21-10-5-18(29)15-22(21)33-27(25)37/h4-11,14-15,32H,12-13H2,1-3H3,(H,33,37). The summed E-state index contributed by atoms with van der Waals surface area (Å²) in [6.45, 7) is 2.72. The molecule has 3 aromatic rings. The zero-order valence-electron chi connectivity index (χ0n) is 21.3. The van der Waals surface area contributed by atoms with Crippen LogP contribution in [0.1, 0.15) is 18.1 Å². The first-order valence-electron chi connectivity index (χ1n) is 12.1. The molecule has 2 amide bonds. The van der Waals surface area contributed by atoms with Gasteiger partial charge in [-0.25, -0.2) is 0 Å². The lowest BCUT2D eigenvalue weighted by molar-refractivity contribution is -0.286. The van der Waals surface area contributed by atoms with Crippen molar-refractivity contribution in [3.63, 3.8) is 0 Å². The Bertz CT molecular complexity index is 1490. The maximum absolute atomic E-state index is 13.7. The predicted molar refractivity (Wildman–Crippen MR) is 146 cm³/mol. The average molecular weight is 555 g/mol. The van der Waals surface area contributed by atoms with Crippen molar-refractivity contribution >= 4 is 51.7 Å². The van der Waals surface area contributed by atoms with Gasteiger partial charge in [0.25, 0.3) is 5.91 Å². The molecule has 39 heavy (non-hydrogen) atoms. The van der Waals surface area contributed by atoms with Crippen LogP contribution in [-0.2, 0) is 9.59 Å². The number of likely N-dealkylation sites (N-methyl/N-ethyl adjacent to an activating group) is 1. The quantitative estimate of drug-likeness (QED) is 0.375. The Kier molecular flexibility index (Phi) is 6.92. The van der Waals surface area contributed by atoms with Gasteiger partial charge in [-0.3, -0.25) is 9.59 Å². The molecule has 0 aliphatic carbocycles. The molecule has 11 heteroatoms. The van der Waals surface area contributed by atoms with E-state index in [-0.39, 0.29) is 23.3 Å². The molecule has 0 atom stereocenters. The smallest absolute Gasteiger partial charge is 0.395 e. The minimum absolute atomic E-state index is 0.0876. The topological polar surface area (TPSA) is 83.1 Å². The number of carbonyl (C=O) groups excluding carboxylic acids is 2. The number of hydrogen-bond acceptors (Lipinski definition) is 6. The molecule has 2 N–H and O–H groups in total. The maximum Gasteiger partial charge on any atom is 0.586 e. The predicted octanol–water partition coefficient (Wildman–Crippen LogP) is 5.51. The number of anilines is 3. The molecule has 2 aliphatic heterocycles. The van der Waals surface area contributed by atoms with Crippen molar-refractivity contribution < 1.29 is 27.8 Å². The zero-order chi connectivity index (χ0) is 27.9. The van der Waals surface area contributed by atoms with Crippen molar-refractivity contribution in [1.29, 1.82) is 0 Å². The summed E-state index contributed by atoms with van der Waals surface area (Å²) >= 11 is 6.12. The molecule has 3 aromatic carbocycles. The van der Waals surface area contributed by atoms with Crippen LogP contribution in [0.3, 0.4) is 0 Å². The molecule has 0 radical (unpaired) electrons. The van der Waals surface area contributed by atoms with Gasteiger partial charge in [-0.15, -0.1) is 8.78 Å². The number of benzene rings is 3. The van der Waals surface area contributed by atoms with E-state index in [9.17, 15) is 18.4 Å². The van der Waals surface area contributed by atoms with E-state index in [0.29, 0.717) is 57.6 Å². The summed E-state index contributed by atoms with van der Waals surface area (Å²) in [7, 11) is 3.87. The largest absolute Gasteiger partial charge is 0.586 e. The molecule has 0 aromatic heterocycles. The molecule has 0 fully saturated rings. The Morgan fingerprint density at radius 3 is 2.41 bits per heavy atom. The monoisotopic (exact) mass is 554 g/mol. The number of alkyl halides is 2. The fourth-order valence-electron chi connectivity index (χ4n) is 4.41. The van der Waals surface area contributed by atoms with Crippen molar-refractivity contribution in [3.05, 3.63) is 76.8 Å². The molecule has 0 saturated carbocycles. The van der Waals surface area contributed by atoms with Crippen molar-refractivity contribution in [3.8, 4) is 11.5 Å². The highest BCUT2D eigenvalue weighted by atomic mass is 35.5. The average Bonchev–Trinajstić information content (AvgIpc) is 3.35. The van der Waals surface area contributed by atoms with E-state index in [1.807, 2.05) is 19.0 Å². The van der Waals surface area contributed by atoms with Crippen molar-refractivity contribution in [1.82, 2.24) is 4.90 Å². The summed E-state index contributed by atoms with van der Waals surface area (Å²) in [5.74, 6) is -0.737. The first-order valence-corrected chi connectivity index (χ1v) is 12.4. The van der Waals surface area contributed by atoms with Crippen LogP contribution < -0.4 is 25.0 Å². The van der Waals surface area contributed by atoms with E-state index >= 15 is 0 Å². The summed E-state index contributed by atoms with van der Waals surface area (Å²) < 4.78 is 36.6. The van der Waals surface area contributed by atoms with Crippen LogP contribution >= 0.6 is 11.6 Å². The van der Waals surface area contributed by atoms with Gasteiger partial charge < -0.3 is 29.9 Å². The summed E-state index contributed by atoms with van der Waals surface area (Å²) in [4.78, 5) is 29.1. The Hall–Kier alpha value is -4.15. The van der Waals surface area contributed by atoms with E-state index in [1.54, 1.807) is 53.4 Å². The number of nitrogens with one attached hydrogen (secondary N) is 2. The van der Waals surface area contributed by atoms with E-state index in [1.165, 1.54) is 19.1 Å². The number of nitrogens with zero attached hydrogens (tertiary/aromatic N) is 2. The molecule has 0 bridgehead atoms. The van der Waals surface area contributed by atoms with Gasteiger partial charge >= 0.3 is 6.29 Å². The number of carbonyl (C=O) groups is 2.